The van der Waals surface area contributed by atoms with Gasteiger partial charge < -0.3 is 15.5 Å². The third kappa shape index (κ3) is 3.94. The molecule has 116 valence electrons. The minimum atomic E-state index is -0.472. The van der Waals surface area contributed by atoms with Gasteiger partial charge in [0, 0.05) is 16.8 Å². The highest BCUT2D eigenvalue weighted by Gasteiger charge is 2.27. The summed E-state index contributed by atoms with van der Waals surface area (Å²) in [5.41, 5.74) is 5.69. The maximum absolute atomic E-state index is 12.2. The van der Waals surface area contributed by atoms with Gasteiger partial charge in [-0.2, -0.15) is 11.8 Å². The van der Waals surface area contributed by atoms with Crippen LogP contribution >= 0.6 is 23.5 Å². The summed E-state index contributed by atoms with van der Waals surface area (Å²) < 4.78 is 4.84. The molecular formula is C13H19N3O3S2. The number of esters is 1. The molecule has 0 bridgehead atoms. The summed E-state index contributed by atoms with van der Waals surface area (Å²) in [5.74, 6) is 2.36. The molecule has 21 heavy (non-hydrogen) atoms. The Morgan fingerprint density at radius 1 is 1.48 bits per heavy atom. The SMILES string of the molecule is CCOC(=O)Cc1c(N)nc(C2SCCSC2C)[nH]c1=O. The summed E-state index contributed by atoms with van der Waals surface area (Å²) in [6.45, 7) is 4.10. The molecule has 6 nitrogen and oxygen atoms in total. The molecule has 0 saturated carbocycles. The molecular weight excluding hydrogens is 310 g/mol. The molecule has 1 aliphatic heterocycles. The molecule has 1 aliphatic rings. The van der Waals surface area contributed by atoms with Crippen LogP contribution in [0.15, 0.2) is 4.79 Å². The Morgan fingerprint density at radius 2 is 2.19 bits per heavy atom. The Labute approximate surface area is 131 Å². The predicted molar refractivity (Wildman–Crippen MR) is 86.7 cm³/mol. The monoisotopic (exact) mass is 329 g/mol. The van der Waals surface area contributed by atoms with Crippen molar-refractivity contribution in [2.75, 3.05) is 23.8 Å². The number of H-pyrrole nitrogens is 1. The van der Waals surface area contributed by atoms with Crippen molar-refractivity contribution < 1.29 is 9.53 Å². The molecule has 2 rings (SSSR count). The van der Waals surface area contributed by atoms with Gasteiger partial charge in [-0.3, -0.25) is 9.59 Å². The number of aromatic nitrogens is 2. The van der Waals surface area contributed by atoms with Crippen molar-refractivity contribution in [2.45, 2.75) is 30.8 Å². The first-order chi connectivity index (χ1) is 10.0. The molecule has 3 N–H and O–H groups in total. The van der Waals surface area contributed by atoms with Gasteiger partial charge in [0.05, 0.1) is 23.8 Å². The van der Waals surface area contributed by atoms with Crippen molar-refractivity contribution in [3.8, 4) is 0 Å². The van der Waals surface area contributed by atoms with Gasteiger partial charge in [-0.15, -0.1) is 11.8 Å². The van der Waals surface area contributed by atoms with Crippen LogP contribution in [0, 0.1) is 0 Å². The van der Waals surface area contributed by atoms with Crippen molar-refractivity contribution in [3.05, 3.63) is 21.7 Å². The first-order valence-electron chi connectivity index (χ1n) is 6.80. The first kappa shape index (κ1) is 16.2. The zero-order valence-electron chi connectivity index (χ0n) is 12.0. The maximum atomic E-state index is 12.2. The van der Waals surface area contributed by atoms with Crippen molar-refractivity contribution in [1.29, 1.82) is 0 Å². The summed E-state index contributed by atoms with van der Waals surface area (Å²) in [6.07, 6.45) is -0.148. The molecule has 1 aromatic rings. The molecule has 1 saturated heterocycles. The molecule has 1 aromatic heterocycles. The van der Waals surface area contributed by atoms with Crippen LogP contribution in [0.3, 0.4) is 0 Å². The van der Waals surface area contributed by atoms with E-state index in [0.717, 1.165) is 11.5 Å². The lowest BCUT2D eigenvalue weighted by atomic mass is 10.2. The average Bonchev–Trinajstić information content (AvgIpc) is 2.43. The Bertz CT molecular complexity index is 576. The summed E-state index contributed by atoms with van der Waals surface area (Å²) in [6, 6.07) is 0. The van der Waals surface area contributed by atoms with E-state index in [1.54, 1.807) is 18.7 Å². The molecule has 2 atom stereocenters. The Morgan fingerprint density at radius 3 is 2.81 bits per heavy atom. The summed E-state index contributed by atoms with van der Waals surface area (Å²) >= 11 is 3.63. The number of thioether (sulfide) groups is 2. The highest BCUT2D eigenvalue weighted by atomic mass is 32.2. The van der Waals surface area contributed by atoms with Crippen LogP contribution in [0.5, 0.6) is 0 Å². The lowest BCUT2D eigenvalue weighted by molar-refractivity contribution is -0.142. The fraction of sp³-hybridized carbons (Fsp3) is 0.615. The minimum Gasteiger partial charge on any atom is -0.466 e. The van der Waals surface area contributed by atoms with E-state index in [9.17, 15) is 9.59 Å². The number of ether oxygens (including phenoxy) is 1. The number of nitrogens with zero attached hydrogens (tertiary/aromatic N) is 1. The predicted octanol–water partition coefficient (Wildman–Crippen LogP) is 1.37. The second-order valence-electron chi connectivity index (χ2n) is 4.66. The van der Waals surface area contributed by atoms with Crippen LogP contribution in [0.1, 0.15) is 30.5 Å². The number of anilines is 1. The van der Waals surface area contributed by atoms with Gasteiger partial charge in [0.2, 0.25) is 0 Å². The zero-order valence-corrected chi connectivity index (χ0v) is 13.7. The van der Waals surface area contributed by atoms with E-state index in [-0.39, 0.29) is 35.2 Å². The number of carbonyl (C=O) groups is 1. The number of nitrogen functional groups attached to an aromatic ring is 1. The summed E-state index contributed by atoms with van der Waals surface area (Å²) in [5, 5.41) is 0.484. The summed E-state index contributed by atoms with van der Waals surface area (Å²) in [4.78, 5) is 30.7. The van der Waals surface area contributed by atoms with Gasteiger partial charge in [-0.25, -0.2) is 4.98 Å². The standard InChI is InChI=1S/C13H19N3O3S2/c1-3-19-9(17)6-8-11(14)15-12(16-13(8)18)10-7(2)20-4-5-21-10/h7,10H,3-6H2,1-2H3,(H3,14,15,16,18). The van der Waals surface area contributed by atoms with E-state index >= 15 is 0 Å². The molecule has 0 amide bonds. The quantitative estimate of drug-likeness (QED) is 0.805. The van der Waals surface area contributed by atoms with Crippen LogP contribution in [0.2, 0.25) is 0 Å². The topological polar surface area (TPSA) is 98.1 Å². The molecule has 8 heteroatoms. The number of hydrogen-bond donors (Lipinski definition) is 2. The number of hydrogen-bond acceptors (Lipinski definition) is 7. The van der Waals surface area contributed by atoms with Gasteiger partial charge in [0.15, 0.2) is 0 Å². The van der Waals surface area contributed by atoms with Crippen molar-refractivity contribution in [3.63, 3.8) is 0 Å². The van der Waals surface area contributed by atoms with Crippen LogP contribution in [-0.2, 0) is 16.0 Å². The maximum Gasteiger partial charge on any atom is 0.310 e. The van der Waals surface area contributed by atoms with E-state index in [4.69, 9.17) is 10.5 Å². The number of aromatic amines is 1. The largest absolute Gasteiger partial charge is 0.466 e. The van der Waals surface area contributed by atoms with E-state index < -0.39 is 5.97 Å². The van der Waals surface area contributed by atoms with E-state index in [2.05, 4.69) is 16.9 Å². The number of nitrogens with one attached hydrogen (secondary N) is 1. The first-order valence-corrected chi connectivity index (χ1v) is 8.90. The van der Waals surface area contributed by atoms with Crippen LogP contribution in [0.25, 0.3) is 0 Å². The zero-order chi connectivity index (χ0) is 15.4. The van der Waals surface area contributed by atoms with E-state index in [1.165, 1.54) is 0 Å². The normalized spacial score (nSPS) is 22.0. The Balaban J connectivity index is 2.24. The van der Waals surface area contributed by atoms with Crippen LogP contribution < -0.4 is 11.3 Å². The highest BCUT2D eigenvalue weighted by molar-refractivity contribution is 8.06. The fourth-order valence-corrected chi connectivity index (χ4v) is 4.84. The van der Waals surface area contributed by atoms with Gasteiger partial charge in [0.25, 0.3) is 5.56 Å². The van der Waals surface area contributed by atoms with Crippen molar-refractivity contribution >= 4 is 35.3 Å². The minimum absolute atomic E-state index is 0.116. The van der Waals surface area contributed by atoms with Crippen LogP contribution in [0.4, 0.5) is 5.82 Å². The average molecular weight is 329 g/mol. The van der Waals surface area contributed by atoms with Gasteiger partial charge in [-0.05, 0) is 6.92 Å². The van der Waals surface area contributed by atoms with Crippen molar-refractivity contribution in [1.82, 2.24) is 9.97 Å². The van der Waals surface area contributed by atoms with E-state index in [1.807, 2.05) is 11.8 Å². The smallest absolute Gasteiger partial charge is 0.310 e. The fourth-order valence-electron chi connectivity index (χ4n) is 2.13. The van der Waals surface area contributed by atoms with Gasteiger partial charge in [0.1, 0.15) is 11.6 Å². The second kappa shape index (κ2) is 7.22. The molecule has 0 aromatic carbocycles. The number of nitrogens with two attached hydrogens (primary N) is 1. The summed E-state index contributed by atoms with van der Waals surface area (Å²) in [7, 11) is 0. The second-order valence-corrected chi connectivity index (χ2v) is 7.40. The number of carbonyl (C=O) groups excluding carboxylic acids is 1. The molecule has 0 spiro atoms. The van der Waals surface area contributed by atoms with E-state index in [0.29, 0.717) is 11.1 Å². The number of rotatable bonds is 4. The molecule has 2 unspecified atom stereocenters. The lowest BCUT2D eigenvalue weighted by Gasteiger charge is -2.27. The third-order valence-corrected chi connectivity index (χ3v) is 6.25. The third-order valence-electron chi connectivity index (χ3n) is 3.15. The lowest BCUT2D eigenvalue weighted by Crippen LogP contribution is -2.26. The molecule has 0 aliphatic carbocycles. The molecule has 1 fully saturated rings. The molecule has 2 heterocycles. The van der Waals surface area contributed by atoms with Crippen LogP contribution in [-0.4, -0.2) is 39.3 Å². The Kier molecular flexibility index (Phi) is 5.58. The van der Waals surface area contributed by atoms with Gasteiger partial charge in [-0.1, -0.05) is 6.92 Å². The highest BCUT2D eigenvalue weighted by Crippen LogP contribution is 2.40. The Hall–Kier alpha value is -1.15. The van der Waals surface area contributed by atoms with Crippen molar-refractivity contribution in [2.24, 2.45) is 0 Å². The molecule has 0 radical (unpaired) electrons. The van der Waals surface area contributed by atoms with Gasteiger partial charge >= 0.3 is 5.97 Å².